The number of aliphatic hydroxyl groups is 1. The maximum Gasteiger partial charge on any atom is 0.152 e. The third-order valence-corrected chi connectivity index (χ3v) is 4.50. The normalized spacial score (nSPS) is 23.4. The van der Waals surface area contributed by atoms with Crippen molar-refractivity contribution >= 4 is 17.4 Å². The van der Waals surface area contributed by atoms with Gasteiger partial charge in [0.2, 0.25) is 0 Å². The first-order chi connectivity index (χ1) is 10.8. The van der Waals surface area contributed by atoms with Crippen molar-refractivity contribution in [3.8, 4) is 17.1 Å². The highest BCUT2D eigenvalue weighted by Gasteiger charge is 2.38. The van der Waals surface area contributed by atoms with Gasteiger partial charge in [-0.05, 0) is 44.7 Å². The number of aromatic nitrogens is 3. The third-order valence-electron chi connectivity index (χ3n) is 4.29. The molecule has 0 bridgehead atoms. The summed E-state index contributed by atoms with van der Waals surface area (Å²) in [5.74, 6) is 0.672. The van der Waals surface area contributed by atoms with Crippen LogP contribution in [-0.2, 0) is 0 Å². The fourth-order valence-electron chi connectivity index (χ4n) is 2.88. The Hall–Kier alpha value is -1.92. The second-order valence-corrected chi connectivity index (χ2v) is 6.85. The van der Waals surface area contributed by atoms with Gasteiger partial charge in [-0.2, -0.15) is 0 Å². The van der Waals surface area contributed by atoms with Crippen LogP contribution in [0.1, 0.15) is 30.9 Å². The number of hydrogen-bond donors (Lipinski definition) is 3. The summed E-state index contributed by atoms with van der Waals surface area (Å²) in [6, 6.07) is 1.63. The Morgan fingerprint density at radius 2 is 1.91 bits per heavy atom. The average molecular weight is 335 g/mol. The van der Waals surface area contributed by atoms with Gasteiger partial charge in [0.25, 0.3) is 0 Å². The lowest BCUT2D eigenvalue weighted by Crippen LogP contribution is -2.48. The van der Waals surface area contributed by atoms with Crippen LogP contribution in [0.3, 0.4) is 0 Å². The van der Waals surface area contributed by atoms with Gasteiger partial charge in [-0.15, -0.1) is 10.2 Å². The first kappa shape index (κ1) is 16.0. The zero-order chi connectivity index (χ0) is 16.8. The van der Waals surface area contributed by atoms with Crippen LogP contribution >= 0.6 is 11.6 Å². The van der Waals surface area contributed by atoms with Crippen molar-refractivity contribution in [2.75, 3.05) is 5.32 Å². The highest BCUT2D eigenvalue weighted by molar-refractivity contribution is 6.30. The molecule has 23 heavy (non-hydrogen) atoms. The van der Waals surface area contributed by atoms with Crippen molar-refractivity contribution in [2.45, 2.75) is 45.3 Å². The number of hydrogen-bond acceptors (Lipinski definition) is 6. The van der Waals surface area contributed by atoms with Crippen molar-refractivity contribution in [3.05, 3.63) is 28.4 Å². The molecule has 1 fully saturated rings. The number of anilines is 1. The fraction of sp³-hybridized carbons (Fsp3) is 0.438. The topological polar surface area (TPSA) is 91.2 Å². The van der Waals surface area contributed by atoms with E-state index in [-0.39, 0.29) is 11.8 Å². The molecule has 0 saturated heterocycles. The Balaban J connectivity index is 1.89. The number of pyridine rings is 1. The van der Waals surface area contributed by atoms with Crippen LogP contribution < -0.4 is 5.32 Å². The lowest BCUT2D eigenvalue weighted by molar-refractivity contribution is -0.0235. The van der Waals surface area contributed by atoms with Crippen LogP contribution in [0, 0.1) is 13.8 Å². The quantitative estimate of drug-likeness (QED) is 0.799. The predicted molar refractivity (Wildman–Crippen MR) is 88.7 cm³/mol. The van der Waals surface area contributed by atoms with Gasteiger partial charge in [-0.25, -0.2) is 4.98 Å². The molecule has 0 unspecified atom stereocenters. The molecule has 3 N–H and O–H groups in total. The Labute approximate surface area is 139 Å². The Bertz CT molecular complexity index is 756. The van der Waals surface area contributed by atoms with Gasteiger partial charge in [0.05, 0.1) is 10.6 Å². The minimum absolute atomic E-state index is 0.0231. The van der Waals surface area contributed by atoms with Crippen LogP contribution in [0.15, 0.2) is 12.3 Å². The molecule has 6 nitrogen and oxygen atoms in total. The molecule has 1 aliphatic rings. The van der Waals surface area contributed by atoms with E-state index in [1.165, 1.54) is 12.3 Å². The highest BCUT2D eigenvalue weighted by Crippen LogP contribution is 2.35. The summed E-state index contributed by atoms with van der Waals surface area (Å²) in [6.07, 6.45) is 2.85. The molecule has 0 spiro atoms. The lowest BCUT2D eigenvalue weighted by atomic mass is 9.77. The Morgan fingerprint density at radius 3 is 2.52 bits per heavy atom. The van der Waals surface area contributed by atoms with Gasteiger partial charge in [-0.3, -0.25) is 0 Å². The van der Waals surface area contributed by atoms with Crippen LogP contribution in [0.25, 0.3) is 11.4 Å². The van der Waals surface area contributed by atoms with E-state index >= 15 is 0 Å². The maximum atomic E-state index is 10.0. The molecule has 0 aromatic carbocycles. The molecule has 0 aliphatic heterocycles. The zero-order valence-corrected chi connectivity index (χ0v) is 14.0. The van der Waals surface area contributed by atoms with Crippen molar-refractivity contribution in [1.82, 2.24) is 15.2 Å². The minimum Gasteiger partial charge on any atom is -0.506 e. The molecule has 2 heterocycles. The molecule has 0 amide bonds. The second-order valence-electron chi connectivity index (χ2n) is 6.41. The van der Waals surface area contributed by atoms with Gasteiger partial charge < -0.3 is 15.5 Å². The van der Waals surface area contributed by atoms with Crippen LogP contribution in [-0.4, -0.2) is 37.0 Å². The number of halogens is 1. The molecule has 0 radical (unpaired) electrons. The highest BCUT2D eigenvalue weighted by atomic mass is 35.5. The summed E-state index contributed by atoms with van der Waals surface area (Å²) in [5.41, 5.74) is 2.13. The molecule has 7 heteroatoms. The van der Waals surface area contributed by atoms with E-state index in [0.717, 1.165) is 11.1 Å². The van der Waals surface area contributed by atoms with E-state index in [0.29, 0.717) is 35.1 Å². The predicted octanol–water partition coefficient (Wildman–Crippen LogP) is 2.84. The monoisotopic (exact) mass is 334 g/mol. The standard InChI is InChI=1S/C16H19ClN4O2/c1-8-9(2)15(19-11-5-16(3,23)6-11)21-20-13(8)14-12(22)4-10(17)7-18-14/h4,7,11,22-23H,5-6H2,1-3H3,(H,19,21). The van der Waals surface area contributed by atoms with Crippen molar-refractivity contribution in [3.63, 3.8) is 0 Å². The number of nitrogens with one attached hydrogen (secondary N) is 1. The summed E-state index contributed by atoms with van der Waals surface area (Å²) in [7, 11) is 0. The average Bonchev–Trinajstić information content (AvgIpc) is 2.43. The van der Waals surface area contributed by atoms with E-state index in [9.17, 15) is 10.2 Å². The largest absolute Gasteiger partial charge is 0.506 e. The molecule has 2 aromatic rings. The van der Waals surface area contributed by atoms with E-state index < -0.39 is 5.60 Å². The van der Waals surface area contributed by atoms with Gasteiger partial charge in [0.15, 0.2) is 5.82 Å². The van der Waals surface area contributed by atoms with Crippen molar-refractivity contribution < 1.29 is 10.2 Å². The third kappa shape index (κ3) is 3.09. The first-order valence-electron chi connectivity index (χ1n) is 7.44. The molecular formula is C16H19ClN4O2. The van der Waals surface area contributed by atoms with Crippen molar-refractivity contribution in [1.29, 1.82) is 0 Å². The van der Waals surface area contributed by atoms with Gasteiger partial charge >= 0.3 is 0 Å². The molecular weight excluding hydrogens is 316 g/mol. The van der Waals surface area contributed by atoms with E-state index in [2.05, 4.69) is 20.5 Å². The molecule has 1 aliphatic carbocycles. The van der Waals surface area contributed by atoms with Crippen LogP contribution in [0.2, 0.25) is 5.02 Å². The summed E-state index contributed by atoms with van der Waals surface area (Å²) < 4.78 is 0. The fourth-order valence-corrected chi connectivity index (χ4v) is 3.03. The number of rotatable bonds is 3. The smallest absolute Gasteiger partial charge is 0.152 e. The molecule has 3 rings (SSSR count). The summed E-state index contributed by atoms with van der Waals surface area (Å²) in [4.78, 5) is 4.15. The molecule has 122 valence electrons. The Kier molecular flexibility index (Phi) is 3.90. The summed E-state index contributed by atoms with van der Waals surface area (Å²) >= 11 is 5.81. The number of nitrogens with zero attached hydrogens (tertiary/aromatic N) is 3. The SMILES string of the molecule is Cc1c(NC2CC(C)(O)C2)nnc(-c2ncc(Cl)cc2O)c1C. The molecule has 1 saturated carbocycles. The van der Waals surface area contributed by atoms with E-state index in [4.69, 9.17) is 11.6 Å². The second kappa shape index (κ2) is 5.62. The number of aromatic hydroxyl groups is 1. The van der Waals surface area contributed by atoms with Crippen molar-refractivity contribution in [2.24, 2.45) is 0 Å². The lowest BCUT2D eigenvalue weighted by Gasteiger charge is -2.41. The minimum atomic E-state index is -0.590. The molecule has 2 aromatic heterocycles. The summed E-state index contributed by atoms with van der Waals surface area (Å²) in [5, 5.41) is 31.9. The van der Waals surface area contributed by atoms with E-state index in [1.54, 1.807) is 0 Å². The van der Waals surface area contributed by atoms with Gasteiger partial charge in [-0.1, -0.05) is 11.6 Å². The van der Waals surface area contributed by atoms with Gasteiger partial charge in [0.1, 0.15) is 17.1 Å². The Morgan fingerprint density at radius 1 is 1.22 bits per heavy atom. The summed E-state index contributed by atoms with van der Waals surface area (Å²) in [6.45, 7) is 5.68. The first-order valence-corrected chi connectivity index (χ1v) is 7.82. The molecule has 0 atom stereocenters. The van der Waals surface area contributed by atoms with Crippen LogP contribution in [0.5, 0.6) is 5.75 Å². The zero-order valence-electron chi connectivity index (χ0n) is 13.3. The van der Waals surface area contributed by atoms with Crippen LogP contribution in [0.4, 0.5) is 5.82 Å². The van der Waals surface area contributed by atoms with Gasteiger partial charge in [0, 0.05) is 18.3 Å². The maximum absolute atomic E-state index is 10.0. The van der Waals surface area contributed by atoms with E-state index in [1.807, 2.05) is 20.8 Å².